The minimum atomic E-state index is -0.359. The fourth-order valence-electron chi connectivity index (χ4n) is 2.80. The van der Waals surface area contributed by atoms with Gasteiger partial charge in [-0.2, -0.15) is 5.10 Å². The SMILES string of the molecule is CCc1ncnc(NC[C@@H]2CCO[C@H]2c2cnn(C)c2)c1F. The van der Waals surface area contributed by atoms with Crippen LogP contribution in [0.2, 0.25) is 0 Å². The van der Waals surface area contributed by atoms with Gasteiger partial charge in [0.05, 0.1) is 18.0 Å². The molecule has 0 aliphatic carbocycles. The van der Waals surface area contributed by atoms with Crippen molar-refractivity contribution in [1.29, 1.82) is 0 Å². The smallest absolute Gasteiger partial charge is 0.186 e. The fraction of sp³-hybridized carbons (Fsp3) is 0.533. The fourth-order valence-corrected chi connectivity index (χ4v) is 2.80. The number of hydrogen-bond acceptors (Lipinski definition) is 5. The van der Waals surface area contributed by atoms with Gasteiger partial charge in [0, 0.05) is 37.9 Å². The summed E-state index contributed by atoms with van der Waals surface area (Å²) in [4.78, 5) is 7.94. The minimum absolute atomic E-state index is 0.00301. The van der Waals surface area contributed by atoms with E-state index < -0.39 is 0 Å². The lowest BCUT2D eigenvalue weighted by Gasteiger charge is -2.18. The van der Waals surface area contributed by atoms with Crippen molar-refractivity contribution in [3.05, 3.63) is 35.8 Å². The van der Waals surface area contributed by atoms with Gasteiger partial charge in [0.15, 0.2) is 11.6 Å². The number of halogens is 1. The van der Waals surface area contributed by atoms with Crippen LogP contribution in [-0.2, 0) is 18.2 Å². The molecular formula is C15H20FN5O. The number of nitrogens with one attached hydrogen (secondary N) is 1. The van der Waals surface area contributed by atoms with E-state index in [0.29, 0.717) is 25.3 Å². The van der Waals surface area contributed by atoms with Gasteiger partial charge in [-0.25, -0.2) is 14.4 Å². The van der Waals surface area contributed by atoms with E-state index in [4.69, 9.17) is 4.74 Å². The maximum atomic E-state index is 14.1. The predicted octanol–water partition coefficient (Wildman–Crippen LogP) is 2.10. The van der Waals surface area contributed by atoms with Gasteiger partial charge >= 0.3 is 0 Å². The molecule has 1 aliphatic rings. The van der Waals surface area contributed by atoms with Crippen LogP contribution in [0.5, 0.6) is 0 Å². The molecule has 7 heteroatoms. The first kappa shape index (κ1) is 14.9. The average molecular weight is 305 g/mol. The van der Waals surface area contributed by atoms with Crippen LogP contribution in [0.3, 0.4) is 0 Å². The van der Waals surface area contributed by atoms with E-state index in [2.05, 4.69) is 20.4 Å². The molecule has 6 nitrogen and oxygen atoms in total. The zero-order chi connectivity index (χ0) is 15.5. The molecule has 0 bridgehead atoms. The van der Waals surface area contributed by atoms with Gasteiger partial charge in [-0.05, 0) is 12.8 Å². The quantitative estimate of drug-likeness (QED) is 0.916. The molecule has 22 heavy (non-hydrogen) atoms. The highest BCUT2D eigenvalue weighted by Crippen LogP contribution is 2.34. The molecule has 0 amide bonds. The topological polar surface area (TPSA) is 64.9 Å². The van der Waals surface area contributed by atoms with E-state index in [0.717, 1.165) is 12.0 Å². The van der Waals surface area contributed by atoms with E-state index in [1.165, 1.54) is 6.33 Å². The molecule has 3 rings (SSSR count). The van der Waals surface area contributed by atoms with Crippen LogP contribution in [0.1, 0.15) is 30.7 Å². The first-order chi connectivity index (χ1) is 10.7. The van der Waals surface area contributed by atoms with Crippen molar-refractivity contribution in [2.45, 2.75) is 25.9 Å². The third kappa shape index (κ3) is 2.94. The molecule has 0 unspecified atom stereocenters. The lowest BCUT2D eigenvalue weighted by atomic mass is 9.97. The van der Waals surface area contributed by atoms with Gasteiger partial charge in [0.25, 0.3) is 0 Å². The summed E-state index contributed by atoms with van der Waals surface area (Å²) in [6.07, 6.45) is 6.66. The second-order valence-corrected chi connectivity index (χ2v) is 5.50. The third-order valence-corrected chi connectivity index (χ3v) is 4.00. The highest BCUT2D eigenvalue weighted by molar-refractivity contribution is 5.37. The molecule has 2 aromatic rings. The van der Waals surface area contributed by atoms with Gasteiger partial charge in [0.2, 0.25) is 0 Å². The summed E-state index contributed by atoms with van der Waals surface area (Å²) >= 11 is 0. The maximum absolute atomic E-state index is 14.1. The Morgan fingerprint density at radius 2 is 2.32 bits per heavy atom. The molecule has 0 saturated carbocycles. The molecule has 2 atom stereocenters. The standard InChI is InChI=1S/C15H20FN5O/c1-3-12-13(16)15(19-9-18-12)17-6-10-4-5-22-14(10)11-7-20-21(2)8-11/h7-10,14H,3-6H2,1-2H3,(H,17,18,19)/t10-,14+/m0/s1. The molecule has 0 radical (unpaired) electrons. The molecule has 3 heterocycles. The monoisotopic (exact) mass is 305 g/mol. The van der Waals surface area contributed by atoms with E-state index >= 15 is 0 Å². The third-order valence-electron chi connectivity index (χ3n) is 4.00. The molecule has 1 N–H and O–H groups in total. The highest BCUT2D eigenvalue weighted by Gasteiger charge is 2.30. The van der Waals surface area contributed by atoms with Crippen LogP contribution in [0.4, 0.5) is 10.2 Å². The van der Waals surface area contributed by atoms with Crippen LogP contribution in [-0.4, -0.2) is 32.9 Å². The van der Waals surface area contributed by atoms with Crippen LogP contribution in [0.15, 0.2) is 18.7 Å². The minimum Gasteiger partial charge on any atom is -0.373 e. The molecule has 1 fully saturated rings. The van der Waals surface area contributed by atoms with Crippen LogP contribution < -0.4 is 5.32 Å². The van der Waals surface area contributed by atoms with Crippen LogP contribution in [0, 0.1) is 11.7 Å². The molecule has 118 valence electrons. The molecule has 2 aromatic heterocycles. The molecule has 1 aliphatic heterocycles. The van der Waals surface area contributed by atoms with Gasteiger partial charge in [-0.1, -0.05) is 6.92 Å². The first-order valence-electron chi connectivity index (χ1n) is 7.52. The zero-order valence-electron chi connectivity index (χ0n) is 12.8. The predicted molar refractivity (Wildman–Crippen MR) is 79.9 cm³/mol. The summed E-state index contributed by atoms with van der Waals surface area (Å²) in [7, 11) is 1.88. The summed E-state index contributed by atoms with van der Waals surface area (Å²) < 4.78 is 21.7. The van der Waals surface area contributed by atoms with Crippen LogP contribution in [0.25, 0.3) is 0 Å². The molecular weight excluding hydrogens is 285 g/mol. The Balaban J connectivity index is 1.68. The number of nitrogens with zero attached hydrogens (tertiary/aromatic N) is 4. The summed E-state index contributed by atoms with van der Waals surface area (Å²) in [5.74, 6) is 0.175. The Morgan fingerprint density at radius 3 is 3.05 bits per heavy atom. The molecule has 1 saturated heterocycles. The summed E-state index contributed by atoms with van der Waals surface area (Å²) in [5.41, 5.74) is 1.49. The van der Waals surface area contributed by atoms with Crippen molar-refractivity contribution < 1.29 is 9.13 Å². The Morgan fingerprint density at radius 1 is 1.45 bits per heavy atom. The van der Waals surface area contributed by atoms with E-state index in [-0.39, 0.29) is 23.7 Å². The number of aromatic nitrogens is 4. The highest BCUT2D eigenvalue weighted by atomic mass is 19.1. The Kier molecular flexibility index (Phi) is 4.33. The second-order valence-electron chi connectivity index (χ2n) is 5.50. The number of aryl methyl sites for hydroxylation is 2. The molecule has 0 aromatic carbocycles. The van der Waals surface area contributed by atoms with Crippen molar-refractivity contribution in [2.75, 3.05) is 18.5 Å². The summed E-state index contributed by atoms with van der Waals surface area (Å²) in [6.45, 7) is 3.19. The summed E-state index contributed by atoms with van der Waals surface area (Å²) in [6, 6.07) is 0. The van der Waals surface area contributed by atoms with E-state index in [1.807, 2.05) is 26.4 Å². The number of rotatable bonds is 5. The zero-order valence-corrected chi connectivity index (χ0v) is 12.8. The number of ether oxygens (including phenoxy) is 1. The van der Waals surface area contributed by atoms with E-state index in [1.54, 1.807) is 4.68 Å². The van der Waals surface area contributed by atoms with Crippen molar-refractivity contribution in [2.24, 2.45) is 13.0 Å². The molecule has 0 spiro atoms. The Labute approximate surface area is 128 Å². The van der Waals surface area contributed by atoms with Crippen LogP contribution >= 0.6 is 0 Å². The maximum Gasteiger partial charge on any atom is 0.186 e. The first-order valence-corrected chi connectivity index (χ1v) is 7.52. The normalized spacial score (nSPS) is 21.2. The van der Waals surface area contributed by atoms with Gasteiger partial charge < -0.3 is 10.1 Å². The number of hydrogen-bond donors (Lipinski definition) is 1. The lowest BCUT2D eigenvalue weighted by Crippen LogP contribution is -2.19. The van der Waals surface area contributed by atoms with Crippen molar-refractivity contribution >= 4 is 5.82 Å². The van der Waals surface area contributed by atoms with Gasteiger partial charge in [-0.15, -0.1) is 0 Å². The largest absolute Gasteiger partial charge is 0.373 e. The summed E-state index contributed by atoms with van der Waals surface area (Å²) in [5, 5.41) is 7.29. The lowest BCUT2D eigenvalue weighted by molar-refractivity contribution is 0.0932. The van der Waals surface area contributed by atoms with Gasteiger partial charge in [-0.3, -0.25) is 4.68 Å². The van der Waals surface area contributed by atoms with Gasteiger partial charge in [0.1, 0.15) is 6.33 Å². The van der Waals surface area contributed by atoms with Crippen molar-refractivity contribution in [1.82, 2.24) is 19.7 Å². The second kappa shape index (κ2) is 6.39. The Hall–Kier alpha value is -2.02. The van der Waals surface area contributed by atoms with Crippen molar-refractivity contribution in [3.63, 3.8) is 0 Å². The van der Waals surface area contributed by atoms with E-state index in [9.17, 15) is 4.39 Å². The number of anilines is 1. The van der Waals surface area contributed by atoms with Crippen molar-refractivity contribution in [3.8, 4) is 0 Å². The Bertz CT molecular complexity index is 645. The average Bonchev–Trinajstić information content (AvgIpc) is 3.14.